The minimum atomic E-state index is 0.0336. The summed E-state index contributed by atoms with van der Waals surface area (Å²) in [5.41, 5.74) is 7.22. The molecule has 100 valence electrons. The molecule has 6 heteroatoms. The molecule has 18 heavy (non-hydrogen) atoms. The number of methoxy groups -OCH3 is 1. The van der Waals surface area contributed by atoms with Crippen molar-refractivity contribution in [1.29, 1.82) is 0 Å². The Balaban J connectivity index is 2.73. The fraction of sp³-hybridized carbons (Fsp3) is 0.417. The highest BCUT2D eigenvalue weighted by atomic mass is 32.2. The van der Waals surface area contributed by atoms with Gasteiger partial charge in [-0.2, -0.15) is 11.8 Å². The van der Waals surface area contributed by atoms with Gasteiger partial charge in [0.1, 0.15) is 5.75 Å². The molecule has 0 saturated carbocycles. The number of aliphatic hydroxyl groups excluding tert-OH is 1. The van der Waals surface area contributed by atoms with Crippen molar-refractivity contribution in [2.24, 2.45) is 10.9 Å². The number of nitrogens with zero attached hydrogens (tertiary/aromatic N) is 1. The number of thioether (sulfide) groups is 1. The van der Waals surface area contributed by atoms with Crippen LogP contribution in [0.3, 0.4) is 0 Å². The first-order valence-corrected chi connectivity index (χ1v) is 6.71. The molecule has 0 radical (unpaired) electrons. The molecule has 0 aliphatic rings. The average molecular weight is 270 g/mol. The van der Waals surface area contributed by atoms with Crippen LogP contribution in [0.15, 0.2) is 23.4 Å². The van der Waals surface area contributed by atoms with Crippen LogP contribution in [0.2, 0.25) is 0 Å². The third-order valence-electron chi connectivity index (χ3n) is 2.37. The maximum absolute atomic E-state index is 8.69. The van der Waals surface area contributed by atoms with E-state index in [2.05, 4.69) is 5.16 Å². The average Bonchev–Trinajstić information content (AvgIpc) is 2.42. The van der Waals surface area contributed by atoms with Crippen LogP contribution >= 0.6 is 11.8 Å². The second-order valence-electron chi connectivity index (χ2n) is 3.65. The third kappa shape index (κ3) is 4.12. The second kappa shape index (κ2) is 7.84. The van der Waals surface area contributed by atoms with Crippen LogP contribution < -0.4 is 10.5 Å². The van der Waals surface area contributed by atoms with E-state index in [1.165, 1.54) is 0 Å². The fourth-order valence-corrected chi connectivity index (χ4v) is 2.34. The van der Waals surface area contributed by atoms with Gasteiger partial charge in [0, 0.05) is 12.4 Å². The Morgan fingerprint density at radius 2 is 2.28 bits per heavy atom. The van der Waals surface area contributed by atoms with Crippen molar-refractivity contribution in [2.75, 3.05) is 19.5 Å². The number of nitrogens with two attached hydrogens (primary N) is 1. The predicted octanol–water partition coefficient (Wildman–Crippen LogP) is 1.41. The van der Waals surface area contributed by atoms with Gasteiger partial charge >= 0.3 is 0 Å². The number of aliphatic hydroxyl groups is 1. The summed E-state index contributed by atoms with van der Waals surface area (Å²) in [5, 5.41) is 20.3. The molecule has 1 aromatic carbocycles. The molecule has 0 saturated heterocycles. The summed E-state index contributed by atoms with van der Waals surface area (Å²) in [4.78, 5) is 0. The van der Waals surface area contributed by atoms with Gasteiger partial charge in [0.15, 0.2) is 5.84 Å². The Labute approximate surface area is 111 Å². The van der Waals surface area contributed by atoms with Gasteiger partial charge < -0.3 is 20.8 Å². The molecule has 5 nitrogen and oxygen atoms in total. The van der Waals surface area contributed by atoms with Crippen molar-refractivity contribution in [3.8, 4) is 5.75 Å². The van der Waals surface area contributed by atoms with Crippen LogP contribution in [0.4, 0.5) is 0 Å². The normalized spacial score (nSPS) is 11.6. The molecule has 1 aromatic rings. The lowest BCUT2D eigenvalue weighted by atomic mass is 10.1. The highest BCUT2D eigenvalue weighted by molar-refractivity contribution is 7.98. The third-order valence-corrected chi connectivity index (χ3v) is 3.48. The predicted molar refractivity (Wildman–Crippen MR) is 73.4 cm³/mol. The molecule has 0 unspecified atom stereocenters. The Kier molecular flexibility index (Phi) is 6.38. The molecule has 0 aromatic heterocycles. The lowest BCUT2D eigenvalue weighted by Crippen LogP contribution is -2.14. The molecule has 0 aliphatic heterocycles. The number of ether oxygens (including phenoxy) is 1. The van der Waals surface area contributed by atoms with E-state index in [9.17, 15) is 0 Å². The number of hydrogen-bond donors (Lipinski definition) is 3. The molecule has 1 rings (SSSR count). The number of hydrogen-bond acceptors (Lipinski definition) is 5. The monoisotopic (exact) mass is 270 g/mol. The Morgan fingerprint density at radius 3 is 2.89 bits per heavy atom. The first-order chi connectivity index (χ1) is 8.72. The van der Waals surface area contributed by atoms with E-state index in [4.69, 9.17) is 20.8 Å². The van der Waals surface area contributed by atoms with Crippen molar-refractivity contribution in [3.63, 3.8) is 0 Å². The molecule has 0 bridgehead atoms. The SMILES string of the molecule is COc1cc(CSCCCO)ccc1/C(N)=N/O. The van der Waals surface area contributed by atoms with Gasteiger partial charge in [-0.1, -0.05) is 11.2 Å². The van der Waals surface area contributed by atoms with Gasteiger partial charge in [0.05, 0.1) is 12.7 Å². The molecule has 0 amide bonds. The lowest BCUT2D eigenvalue weighted by molar-refractivity contribution is 0.296. The molecule has 0 fully saturated rings. The van der Waals surface area contributed by atoms with E-state index in [0.29, 0.717) is 11.3 Å². The molecule has 0 heterocycles. The van der Waals surface area contributed by atoms with Gasteiger partial charge in [0.2, 0.25) is 0 Å². The van der Waals surface area contributed by atoms with Gasteiger partial charge in [-0.05, 0) is 29.9 Å². The maximum atomic E-state index is 8.69. The number of oxime groups is 1. The van der Waals surface area contributed by atoms with E-state index in [1.54, 1.807) is 24.9 Å². The van der Waals surface area contributed by atoms with Gasteiger partial charge in [-0.15, -0.1) is 0 Å². The summed E-state index contributed by atoms with van der Waals surface area (Å²) in [5.74, 6) is 2.38. The summed E-state index contributed by atoms with van der Waals surface area (Å²) in [6.45, 7) is 0.221. The van der Waals surface area contributed by atoms with Crippen LogP contribution in [-0.2, 0) is 5.75 Å². The molecule has 0 spiro atoms. The van der Waals surface area contributed by atoms with E-state index >= 15 is 0 Å². The molecular weight excluding hydrogens is 252 g/mol. The first kappa shape index (κ1) is 14.7. The summed E-state index contributed by atoms with van der Waals surface area (Å²) in [7, 11) is 1.55. The fourth-order valence-electron chi connectivity index (χ4n) is 1.45. The highest BCUT2D eigenvalue weighted by Gasteiger charge is 2.08. The molecule has 0 aliphatic carbocycles. The van der Waals surface area contributed by atoms with E-state index in [0.717, 1.165) is 23.5 Å². The van der Waals surface area contributed by atoms with Crippen LogP contribution in [0.5, 0.6) is 5.75 Å². The quantitative estimate of drug-likeness (QED) is 0.229. The van der Waals surface area contributed by atoms with Crippen molar-refractivity contribution < 1.29 is 15.1 Å². The van der Waals surface area contributed by atoms with Crippen LogP contribution in [-0.4, -0.2) is 35.6 Å². The summed E-state index contributed by atoms with van der Waals surface area (Å²) < 4.78 is 5.22. The topological polar surface area (TPSA) is 88.1 Å². The summed E-state index contributed by atoms with van der Waals surface area (Å²) >= 11 is 1.74. The second-order valence-corrected chi connectivity index (χ2v) is 4.75. The van der Waals surface area contributed by atoms with E-state index in [-0.39, 0.29) is 12.4 Å². The summed E-state index contributed by atoms with van der Waals surface area (Å²) in [6, 6.07) is 5.57. The van der Waals surface area contributed by atoms with Crippen LogP contribution in [0.1, 0.15) is 17.5 Å². The van der Waals surface area contributed by atoms with Crippen LogP contribution in [0, 0.1) is 0 Å². The molecular formula is C12H18N2O3S. The number of benzene rings is 1. The maximum Gasteiger partial charge on any atom is 0.173 e. The van der Waals surface area contributed by atoms with Crippen LogP contribution in [0.25, 0.3) is 0 Å². The van der Waals surface area contributed by atoms with E-state index in [1.807, 2.05) is 12.1 Å². The zero-order valence-corrected chi connectivity index (χ0v) is 11.1. The Hall–Kier alpha value is -1.40. The largest absolute Gasteiger partial charge is 0.496 e. The standard InChI is InChI=1S/C12H18N2O3S/c1-17-11-7-9(8-18-6-2-5-15)3-4-10(11)12(13)14-16/h3-4,7,15-16H,2,5-6,8H2,1H3,(H2,13,14). The zero-order valence-electron chi connectivity index (χ0n) is 10.3. The van der Waals surface area contributed by atoms with E-state index < -0.39 is 0 Å². The van der Waals surface area contributed by atoms with Crippen molar-refractivity contribution in [3.05, 3.63) is 29.3 Å². The zero-order chi connectivity index (χ0) is 13.4. The van der Waals surface area contributed by atoms with Gasteiger partial charge in [0.25, 0.3) is 0 Å². The number of rotatable bonds is 7. The van der Waals surface area contributed by atoms with Crippen molar-refractivity contribution in [2.45, 2.75) is 12.2 Å². The smallest absolute Gasteiger partial charge is 0.173 e. The van der Waals surface area contributed by atoms with Gasteiger partial charge in [-0.3, -0.25) is 0 Å². The number of amidine groups is 1. The first-order valence-electron chi connectivity index (χ1n) is 5.56. The van der Waals surface area contributed by atoms with Crippen molar-refractivity contribution >= 4 is 17.6 Å². The highest BCUT2D eigenvalue weighted by Crippen LogP contribution is 2.23. The molecule has 0 atom stereocenters. The van der Waals surface area contributed by atoms with Crippen molar-refractivity contribution in [1.82, 2.24) is 0 Å². The Morgan fingerprint density at radius 1 is 1.50 bits per heavy atom. The molecule has 4 N–H and O–H groups in total. The lowest BCUT2D eigenvalue weighted by Gasteiger charge is -2.09. The minimum Gasteiger partial charge on any atom is -0.496 e. The summed E-state index contributed by atoms with van der Waals surface area (Å²) in [6.07, 6.45) is 0.796. The Bertz CT molecular complexity index is 410. The van der Waals surface area contributed by atoms with Gasteiger partial charge in [-0.25, -0.2) is 0 Å². The minimum absolute atomic E-state index is 0.0336.